The van der Waals surface area contributed by atoms with Crippen LogP contribution in [0.4, 0.5) is 11.4 Å². The van der Waals surface area contributed by atoms with Crippen LogP contribution in [-0.4, -0.2) is 88.1 Å². The molecule has 1 atom stereocenters. The topological polar surface area (TPSA) is 114 Å². The van der Waals surface area contributed by atoms with Gasteiger partial charge in [-0.1, -0.05) is 24.3 Å². The molecule has 59 heavy (non-hydrogen) atoms. The molecule has 0 saturated carbocycles. The number of benzene rings is 4. The highest BCUT2D eigenvalue weighted by Crippen LogP contribution is 2.42. The van der Waals surface area contributed by atoms with Gasteiger partial charge in [0.05, 0.1) is 30.0 Å². The molecule has 2 N–H and O–H groups in total. The summed E-state index contributed by atoms with van der Waals surface area (Å²) in [7, 11) is 2.00. The average Bonchev–Trinajstić information content (AvgIpc) is 3.97. The first-order valence-electron chi connectivity index (χ1n) is 19.6. The Morgan fingerprint density at radius 2 is 1.59 bits per heavy atom. The Kier molecular flexibility index (Phi) is 11.4. The van der Waals surface area contributed by atoms with Crippen molar-refractivity contribution in [3.8, 4) is 28.5 Å². The van der Waals surface area contributed by atoms with Gasteiger partial charge in [0.1, 0.15) is 5.75 Å². The fourth-order valence-electron chi connectivity index (χ4n) is 8.91. The number of phenolic OH excluding ortho intramolecular Hbond substituents is 1. The Bertz CT molecular complexity index is 2530. The van der Waals surface area contributed by atoms with Gasteiger partial charge in [-0.05, 0) is 84.3 Å². The molecule has 1 fully saturated rings. The van der Waals surface area contributed by atoms with Crippen LogP contribution in [0.25, 0.3) is 22.2 Å². The summed E-state index contributed by atoms with van der Waals surface area (Å²) in [6.07, 6.45) is 2.76. The van der Waals surface area contributed by atoms with E-state index in [4.69, 9.17) is 14.2 Å². The minimum atomic E-state index is -0.221. The Labute approximate surface area is 354 Å². The molecular formula is C45H46Cl2N6O6. The molecule has 306 valence electrons. The molecule has 1 saturated heterocycles. The number of aryl methyl sites for hydroxylation is 1. The van der Waals surface area contributed by atoms with Crippen LogP contribution < -0.4 is 19.7 Å². The molecule has 4 aliphatic heterocycles. The number of hydrogen-bond donors (Lipinski definition) is 2. The zero-order valence-electron chi connectivity index (χ0n) is 32.6. The molecule has 6 aromatic rings. The van der Waals surface area contributed by atoms with Crippen molar-refractivity contribution in [3.05, 3.63) is 125 Å². The summed E-state index contributed by atoms with van der Waals surface area (Å²) in [6, 6.07) is 28.7. The van der Waals surface area contributed by atoms with Gasteiger partial charge in [-0.2, -0.15) is 0 Å². The van der Waals surface area contributed by atoms with Crippen LogP contribution in [0.5, 0.6) is 17.2 Å². The third-order valence-corrected chi connectivity index (χ3v) is 11.9. The number of nitrogens with one attached hydrogen (secondary N) is 1. The van der Waals surface area contributed by atoms with E-state index < -0.39 is 0 Å². The zero-order chi connectivity index (χ0) is 38.6. The maximum atomic E-state index is 15.2. The monoisotopic (exact) mass is 836 g/mol. The highest BCUT2D eigenvalue weighted by molar-refractivity contribution is 6.13. The van der Waals surface area contributed by atoms with E-state index in [-0.39, 0.29) is 55.2 Å². The van der Waals surface area contributed by atoms with Crippen LogP contribution in [0, 0.1) is 0 Å². The Morgan fingerprint density at radius 1 is 0.847 bits per heavy atom. The maximum Gasteiger partial charge on any atom is 0.264 e. The van der Waals surface area contributed by atoms with E-state index in [1.54, 1.807) is 29.2 Å². The lowest BCUT2D eigenvalue weighted by atomic mass is 9.92. The second-order valence-corrected chi connectivity index (χ2v) is 15.3. The molecule has 14 heteroatoms. The smallest absolute Gasteiger partial charge is 0.264 e. The summed E-state index contributed by atoms with van der Waals surface area (Å²) < 4.78 is 21.7. The number of carbonyl (C=O) groups is 2. The number of aromatic nitrogens is 2. The van der Waals surface area contributed by atoms with Gasteiger partial charge in [-0.3, -0.25) is 19.4 Å². The van der Waals surface area contributed by atoms with Gasteiger partial charge in [0.15, 0.2) is 11.5 Å². The van der Waals surface area contributed by atoms with Crippen LogP contribution in [0.15, 0.2) is 97.2 Å². The van der Waals surface area contributed by atoms with Gasteiger partial charge < -0.3 is 38.7 Å². The van der Waals surface area contributed by atoms with Crippen LogP contribution >= 0.6 is 24.8 Å². The molecule has 0 unspecified atom stereocenters. The first-order valence-corrected chi connectivity index (χ1v) is 19.6. The third kappa shape index (κ3) is 7.40. The van der Waals surface area contributed by atoms with E-state index in [1.807, 2.05) is 71.2 Å². The van der Waals surface area contributed by atoms with Gasteiger partial charge in [0.25, 0.3) is 11.8 Å². The second-order valence-electron chi connectivity index (χ2n) is 15.3. The Morgan fingerprint density at radius 3 is 2.39 bits per heavy atom. The summed E-state index contributed by atoms with van der Waals surface area (Å²) in [5.74, 6) is 0.899. The van der Waals surface area contributed by atoms with E-state index in [0.717, 1.165) is 53.9 Å². The highest BCUT2D eigenvalue weighted by atomic mass is 35.5. The number of phenols is 1. The van der Waals surface area contributed by atoms with Crippen molar-refractivity contribution in [2.24, 2.45) is 7.05 Å². The fourth-order valence-corrected chi connectivity index (χ4v) is 8.91. The van der Waals surface area contributed by atoms with Crippen LogP contribution in [0.2, 0.25) is 0 Å². The lowest BCUT2D eigenvalue weighted by Gasteiger charge is -2.40. The van der Waals surface area contributed by atoms with Crippen LogP contribution in [0.3, 0.4) is 0 Å². The first kappa shape index (κ1) is 40.3. The number of aromatic hydroxyl groups is 1. The predicted molar refractivity (Wildman–Crippen MR) is 231 cm³/mol. The van der Waals surface area contributed by atoms with E-state index in [9.17, 15) is 5.11 Å². The van der Waals surface area contributed by atoms with Gasteiger partial charge in [-0.25, -0.2) is 0 Å². The van der Waals surface area contributed by atoms with E-state index in [2.05, 4.69) is 33.0 Å². The number of nitrogens with zero attached hydrogens (tertiary/aromatic N) is 5. The number of amides is 2. The van der Waals surface area contributed by atoms with Crippen molar-refractivity contribution < 1.29 is 28.9 Å². The lowest BCUT2D eigenvalue weighted by Crippen LogP contribution is -2.52. The molecule has 2 aromatic heterocycles. The number of morpholine rings is 1. The van der Waals surface area contributed by atoms with Crippen molar-refractivity contribution >= 4 is 58.9 Å². The SMILES string of the molecule is Cl.Cl.Cn1ccc2cc(N(C(=O)c3cc(-c4cc5c(cc4C(=O)N4Cc6ccccc6C[C@H]4CN4CCOCC4)OCO5)n4c3CNCC4)c3ccc(O)cc3)ccc21. The third-order valence-electron chi connectivity index (χ3n) is 11.9. The van der Waals surface area contributed by atoms with Gasteiger partial charge in [-0.15, -0.1) is 24.8 Å². The van der Waals surface area contributed by atoms with Gasteiger partial charge in [0.2, 0.25) is 6.79 Å². The minimum Gasteiger partial charge on any atom is -0.508 e. The quantitative estimate of drug-likeness (QED) is 0.179. The number of hydrogen-bond acceptors (Lipinski definition) is 8. The van der Waals surface area contributed by atoms with E-state index in [1.165, 1.54) is 5.56 Å². The summed E-state index contributed by atoms with van der Waals surface area (Å²) in [6.45, 7) is 6.11. The summed E-state index contributed by atoms with van der Waals surface area (Å²) in [4.78, 5) is 36.5. The summed E-state index contributed by atoms with van der Waals surface area (Å²) in [5, 5.41) is 14.7. The molecule has 4 aliphatic rings. The normalized spacial score (nSPS) is 17.1. The van der Waals surface area contributed by atoms with Crippen molar-refractivity contribution in [2.75, 3.05) is 51.1 Å². The van der Waals surface area contributed by atoms with Crippen LogP contribution in [0.1, 0.15) is 37.5 Å². The Balaban J connectivity index is 0.00000242. The Hall–Kier alpha value is -5.50. The van der Waals surface area contributed by atoms with Gasteiger partial charge in [0, 0.05) is 98.6 Å². The molecule has 0 bridgehead atoms. The molecule has 0 radical (unpaired) electrons. The molecule has 0 aliphatic carbocycles. The summed E-state index contributed by atoms with van der Waals surface area (Å²) >= 11 is 0. The molecule has 6 heterocycles. The molecule has 4 aromatic carbocycles. The number of ether oxygens (including phenoxy) is 3. The van der Waals surface area contributed by atoms with Crippen molar-refractivity contribution in [1.82, 2.24) is 24.3 Å². The summed E-state index contributed by atoms with van der Waals surface area (Å²) in [5.41, 5.74) is 8.10. The highest BCUT2D eigenvalue weighted by Gasteiger charge is 2.36. The standard InChI is InChI=1S/C45H44N6O6.2ClH/c1-47-14-12-30-21-33(8-11-39(30)47)51(32-6-9-35(52)10-7-32)45(54)38-22-40(49-15-13-46-25-41(38)49)36-23-42-43(57-28-56-42)24-37(36)44(53)50-26-31-5-3-2-4-29(31)20-34(50)27-48-16-18-55-19-17-48;;/h2-12,14,21-24,34,46,52H,13,15-20,25-28H2,1H3;2*1H/t34-;;/m0../s1. The van der Waals surface area contributed by atoms with Crippen molar-refractivity contribution in [3.63, 3.8) is 0 Å². The lowest BCUT2D eigenvalue weighted by molar-refractivity contribution is 0.0193. The molecule has 12 nitrogen and oxygen atoms in total. The number of halogens is 2. The first-order chi connectivity index (χ1) is 27.9. The van der Waals surface area contributed by atoms with Crippen LogP contribution in [-0.2, 0) is 37.8 Å². The van der Waals surface area contributed by atoms with Crippen molar-refractivity contribution in [1.29, 1.82) is 0 Å². The number of rotatable bonds is 7. The number of fused-ring (bicyclic) bond motifs is 4. The fraction of sp³-hybridized carbons (Fsp3) is 0.289. The molecule has 10 rings (SSSR count). The average molecular weight is 838 g/mol. The zero-order valence-corrected chi connectivity index (χ0v) is 34.3. The number of carbonyl (C=O) groups excluding carboxylic acids is 2. The molecule has 2 amide bonds. The largest absolute Gasteiger partial charge is 0.508 e. The predicted octanol–water partition coefficient (Wildman–Crippen LogP) is 6.91. The van der Waals surface area contributed by atoms with E-state index >= 15 is 9.59 Å². The van der Waals surface area contributed by atoms with Crippen molar-refractivity contribution in [2.45, 2.75) is 32.1 Å². The maximum absolute atomic E-state index is 15.2. The van der Waals surface area contributed by atoms with Gasteiger partial charge >= 0.3 is 0 Å². The number of anilines is 2. The molecular weight excluding hydrogens is 791 g/mol. The van der Waals surface area contributed by atoms with E-state index in [0.29, 0.717) is 79.0 Å². The minimum absolute atomic E-state index is 0. The second kappa shape index (κ2) is 16.6. The molecule has 0 spiro atoms.